The molecular formula is C24H45NdO6. The van der Waals surface area contributed by atoms with Crippen molar-refractivity contribution in [3.8, 4) is 0 Å². The Kier molecular flexibility index (Phi) is 34.1. The molecule has 0 aliphatic heterocycles. The molecule has 0 spiro atoms. The van der Waals surface area contributed by atoms with Gasteiger partial charge in [0.1, 0.15) is 0 Å². The number of unbranched alkanes of at least 4 members (excludes halogenated alkanes) is 3. The first kappa shape index (κ1) is 38.0. The summed E-state index contributed by atoms with van der Waals surface area (Å²) in [6.07, 6.45) is 9.31. The first-order valence-corrected chi connectivity index (χ1v) is 11.5. The Hall–Kier alpha value is -0.239. The van der Waals surface area contributed by atoms with Gasteiger partial charge in [0, 0.05) is 17.9 Å². The van der Waals surface area contributed by atoms with Crippen LogP contribution >= 0.6 is 0 Å². The minimum Gasteiger partial charge on any atom is -0.550 e. The summed E-state index contributed by atoms with van der Waals surface area (Å²) in [5.41, 5.74) is 0. The molecule has 0 rings (SSSR count). The average molecular weight is 574 g/mol. The van der Waals surface area contributed by atoms with Gasteiger partial charge in [0.25, 0.3) is 0 Å². The van der Waals surface area contributed by atoms with Gasteiger partial charge >= 0.3 is 40.8 Å². The second-order valence-corrected chi connectivity index (χ2v) is 9.03. The van der Waals surface area contributed by atoms with Gasteiger partial charge in [-0.15, -0.1) is 0 Å². The normalized spacial score (nSPS) is 9.97. The fraction of sp³-hybridized carbons (Fsp3) is 0.875. The zero-order valence-electron chi connectivity index (χ0n) is 20.7. The number of carbonyl (C=O) groups excluding carboxylic acids is 3. The van der Waals surface area contributed by atoms with Gasteiger partial charge in [-0.1, -0.05) is 80.1 Å². The summed E-state index contributed by atoms with van der Waals surface area (Å²) in [6.45, 7) is 12.8. The Morgan fingerprint density at radius 1 is 0.484 bits per heavy atom. The van der Waals surface area contributed by atoms with E-state index in [1.54, 1.807) is 0 Å². The SMILES string of the molecule is CC(C)CCCCC(=O)[O-].CC(C)CCCCC(=O)[O-].CC(C)CCCCC(=O)[O-].[Nd+3]. The number of carboxylic acid groups (broad SMARTS) is 3. The van der Waals surface area contributed by atoms with E-state index in [1.165, 1.54) is 0 Å². The molecule has 0 aromatic heterocycles. The second kappa shape index (κ2) is 27.8. The van der Waals surface area contributed by atoms with E-state index in [9.17, 15) is 29.7 Å². The van der Waals surface area contributed by atoms with Gasteiger partial charge < -0.3 is 29.7 Å². The van der Waals surface area contributed by atoms with Crippen molar-refractivity contribution >= 4 is 17.9 Å². The summed E-state index contributed by atoms with van der Waals surface area (Å²) in [5, 5.41) is 29.8. The van der Waals surface area contributed by atoms with Crippen LogP contribution in [-0.2, 0) is 14.4 Å². The van der Waals surface area contributed by atoms with E-state index < -0.39 is 17.9 Å². The fourth-order valence-electron chi connectivity index (χ4n) is 2.47. The predicted molar refractivity (Wildman–Crippen MR) is 115 cm³/mol. The molecular weight excluding hydrogens is 528 g/mol. The van der Waals surface area contributed by atoms with Crippen molar-refractivity contribution in [2.45, 2.75) is 119 Å². The molecule has 0 saturated carbocycles. The molecule has 7 heteroatoms. The first-order valence-electron chi connectivity index (χ1n) is 11.5. The molecule has 1 radical (unpaired) electrons. The van der Waals surface area contributed by atoms with Crippen LogP contribution in [0.25, 0.3) is 0 Å². The largest absolute Gasteiger partial charge is 3.00 e. The van der Waals surface area contributed by atoms with E-state index in [0.717, 1.165) is 57.8 Å². The van der Waals surface area contributed by atoms with Gasteiger partial charge in [0.15, 0.2) is 0 Å². The number of rotatable bonds is 15. The van der Waals surface area contributed by atoms with Crippen LogP contribution in [0.1, 0.15) is 119 Å². The third kappa shape index (κ3) is 53.2. The molecule has 0 atom stereocenters. The maximum atomic E-state index is 9.93. The minimum atomic E-state index is -0.927. The molecule has 0 heterocycles. The third-order valence-electron chi connectivity index (χ3n) is 4.24. The Bertz CT molecular complexity index is 360. The number of hydrogen-bond donors (Lipinski definition) is 0. The summed E-state index contributed by atoms with van der Waals surface area (Å²) >= 11 is 0. The van der Waals surface area contributed by atoms with Gasteiger partial charge in [0.2, 0.25) is 0 Å². The van der Waals surface area contributed by atoms with E-state index in [4.69, 9.17) is 0 Å². The molecule has 0 aromatic rings. The van der Waals surface area contributed by atoms with E-state index in [1.807, 2.05) is 0 Å². The molecule has 0 bridgehead atoms. The molecule has 0 unspecified atom stereocenters. The molecule has 6 nitrogen and oxygen atoms in total. The summed E-state index contributed by atoms with van der Waals surface area (Å²) in [6, 6.07) is 0. The Morgan fingerprint density at radius 2 is 0.677 bits per heavy atom. The van der Waals surface area contributed by atoms with Crippen LogP contribution < -0.4 is 15.3 Å². The average Bonchev–Trinajstić information content (AvgIpc) is 2.60. The van der Waals surface area contributed by atoms with Crippen molar-refractivity contribution < 1.29 is 70.5 Å². The van der Waals surface area contributed by atoms with Crippen molar-refractivity contribution in [2.24, 2.45) is 17.8 Å². The molecule has 0 aliphatic rings. The first-order chi connectivity index (χ1) is 13.9. The third-order valence-corrected chi connectivity index (χ3v) is 4.24. The number of aliphatic carboxylic acids is 3. The maximum Gasteiger partial charge on any atom is 3.00 e. The van der Waals surface area contributed by atoms with Crippen LogP contribution in [0.15, 0.2) is 0 Å². The van der Waals surface area contributed by atoms with Crippen LogP contribution in [0, 0.1) is 58.6 Å². The van der Waals surface area contributed by atoms with Gasteiger partial charge in [-0.25, -0.2) is 0 Å². The second-order valence-electron chi connectivity index (χ2n) is 9.03. The fourth-order valence-corrected chi connectivity index (χ4v) is 2.47. The van der Waals surface area contributed by atoms with Gasteiger partial charge in [0.05, 0.1) is 0 Å². The van der Waals surface area contributed by atoms with Crippen LogP contribution in [0.2, 0.25) is 0 Å². The van der Waals surface area contributed by atoms with Crippen molar-refractivity contribution in [1.29, 1.82) is 0 Å². The molecule has 0 aliphatic carbocycles. The Labute approximate surface area is 223 Å². The van der Waals surface area contributed by atoms with Crippen LogP contribution in [0.5, 0.6) is 0 Å². The molecule has 0 saturated heterocycles. The Balaban J connectivity index is -0.000000174. The molecule has 181 valence electrons. The van der Waals surface area contributed by atoms with Gasteiger partial charge in [-0.3, -0.25) is 0 Å². The predicted octanol–water partition coefficient (Wildman–Crippen LogP) is 2.86. The van der Waals surface area contributed by atoms with E-state index in [-0.39, 0.29) is 60.1 Å². The molecule has 0 N–H and O–H groups in total. The topological polar surface area (TPSA) is 120 Å². The number of carboxylic acids is 3. The van der Waals surface area contributed by atoms with Gasteiger partial charge in [-0.2, -0.15) is 0 Å². The smallest absolute Gasteiger partial charge is 0.550 e. The summed E-state index contributed by atoms with van der Waals surface area (Å²) in [7, 11) is 0. The standard InChI is InChI=1S/3C8H16O2.Nd/c3*1-7(2)5-3-4-6-8(9)10;/h3*7H,3-6H2,1-2H3,(H,9,10);/q;;;+3/p-3. The van der Waals surface area contributed by atoms with Crippen molar-refractivity contribution in [3.05, 3.63) is 0 Å². The summed E-state index contributed by atoms with van der Waals surface area (Å²) in [5.74, 6) is -0.735. The van der Waals surface area contributed by atoms with Crippen molar-refractivity contribution in [2.75, 3.05) is 0 Å². The monoisotopic (exact) mass is 571 g/mol. The zero-order chi connectivity index (χ0) is 23.9. The molecule has 0 fully saturated rings. The van der Waals surface area contributed by atoms with Crippen LogP contribution in [0.4, 0.5) is 0 Å². The van der Waals surface area contributed by atoms with E-state index in [0.29, 0.717) is 17.8 Å². The van der Waals surface area contributed by atoms with Gasteiger partial charge in [-0.05, 0) is 56.3 Å². The van der Waals surface area contributed by atoms with E-state index in [2.05, 4.69) is 41.5 Å². The van der Waals surface area contributed by atoms with Crippen molar-refractivity contribution in [1.82, 2.24) is 0 Å². The Morgan fingerprint density at radius 3 is 0.806 bits per heavy atom. The summed E-state index contributed by atoms with van der Waals surface area (Å²) < 4.78 is 0. The zero-order valence-corrected chi connectivity index (χ0v) is 23.9. The van der Waals surface area contributed by atoms with E-state index >= 15 is 0 Å². The minimum absolute atomic E-state index is 0. The number of hydrogen-bond acceptors (Lipinski definition) is 6. The maximum absolute atomic E-state index is 9.93. The molecule has 31 heavy (non-hydrogen) atoms. The number of carbonyl (C=O) groups is 3. The van der Waals surface area contributed by atoms with Crippen LogP contribution in [-0.4, -0.2) is 17.9 Å². The quantitative estimate of drug-likeness (QED) is 0.278. The van der Waals surface area contributed by atoms with Crippen molar-refractivity contribution in [3.63, 3.8) is 0 Å². The molecule has 0 amide bonds. The summed E-state index contributed by atoms with van der Waals surface area (Å²) in [4.78, 5) is 29.8. The molecule has 0 aromatic carbocycles. The van der Waals surface area contributed by atoms with Crippen LogP contribution in [0.3, 0.4) is 0 Å².